The van der Waals surface area contributed by atoms with Crippen LogP contribution in [0, 0.1) is 11.3 Å². The number of aryl methyl sites for hydroxylation is 1. The van der Waals surface area contributed by atoms with E-state index in [1.807, 2.05) is 0 Å². The zero-order valence-electron chi connectivity index (χ0n) is 13.9. The second kappa shape index (κ2) is 8.83. The molecule has 1 aromatic heterocycles. The fourth-order valence-corrected chi connectivity index (χ4v) is 2.41. The molecule has 0 radical (unpaired) electrons. The number of hydrogen-bond acceptors (Lipinski definition) is 6. The zero-order chi connectivity index (χ0) is 19.1. The molecule has 8 heteroatoms. The fourth-order valence-electron chi connectivity index (χ4n) is 2.22. The molecule has 2 aromatic rings. The van der Waals surface area contributed by atoms with Crippen molar-refractivity contribution in [2.75, 3.05) is 6.61 Å². The first-order valence-corrected chi connectivity index (χ1v) is 8.14. The molecule has 1 aromatic carbocycles. The van der Waals surface area contributed by atoms with E-state index >= 15 is 0 Å². The second-order valence-electron chi connectivity index (χ2n) is 5.22. The first kappa shape index (κ1) is 19.2. The van der Waals surface area contributed by atoms with Gasteiger partial charge in [0, 0.05) is 41.3 Å². The van der Waals surface area contributed by atoms with Gasteiger partial charge < -0.3 is 14.6 Å². The predicted molar refractivity (Wildman–Crippen MR) is 92.5 cm³/mol. The molecule has 0 amide bonds. The van der Waals surface area contributed by atoms with Crippen LogP contribution in [0.5, 0.6) is 0 Å². The smallest absolute Gasteiger partial charge is 0.348 e. The molecule has 1 heterocycles. The van der Waals surface area contributed by atoms with Crippen molar-refractivity contribution < 1.29 is 19.4 Å². The molecule has 0 fully saturated rings. The molecule has 2 rings (SSSR count). The summed E-state index contributed by atoms with van der Waals surface area (Å²) >= 11 is 6.02. The third kappa shape index (κ3) is 4.94. The van der Waals surface area contributed by atoms with Crippen LogP contribution in [0.2, 0.25) is 5.02 Å². The Kier molecular flexibility index (Phi) is 6.53. The number of halogens is 1. The van der Waals surface area contributed by atoms with Gasteiger partial charge in [0.1, 0.15) is 11.6 Å². The van der Waals surface area contributed by atoms with E-state index in [-0.39, 0.29) is 25.1 Å². The standard InChI is InChI=1S/C18H16ClN3O4/c1-2-26-18(25)13(10-20)8-14-11-22(7-6-16(23)24)21-17(14)12-4-3-5-15(19)9-12/h3-5,8-9,11H,2,6-7H2,1H3,(H,23,24)/p-1/b13-8+. The molecule has 0 saturated heterocycles. The van der Waals surface area contributed by atoms with Crippen molar-refractivity contribution in [1.29, 1.82) is 5.26 Å². The van der Waals surface area contributed by atoms with Crippen molar-refractivity contribution in [3.63, 3.8) is 0 Å². The third-order valence-electron chi connectivity index (χ3n) is 3.35. The van der Waals surface area contributed by atoms with E-state index in [2.05, 4.69) is 5.10 Å². The molecule has 0 aliphatic carbocycles. The predicted octanol–water partition coefficient (Wildman–Crippen LogP) is 1.81. The summed E-state index contributed by atoms with van der Waals surface area (Å²) in [6.07, 6.45) is 2.69. The van der Waals surface area contributed by atoms with E-state index < -0.39 is 11.9 Å². The van der Waals surface area contributed by atoms with E-state index in [1.165, 1.54) is 10.8 Å². The van der Waals surface area contributed by atoms with E-state index in [9.17, 15) is 20.0 Å². The van der Waals surface area contributed by atoms with Crippen molar-refractivity contribution in [2.45, 2.75) is 19.9 Å². The van der Waals surface area contributed by atoms with Crippen LogP contribution < -0.4 is 5.11 Å². The van der Waals surface area contributed by atoms with Crippen molar-refractivity contribution in [3.05, 3.63) is 46.6 Å². The molecule has 0 aliphatic heterocycles. The topological polar surface area (TPSA) is 108 Å². The summed E-state index contributed by atoms with van der Waals surface area (Å²) in [5, 5.41) is 24.7. The summed E-state index contributed by atoms with van der Waals surface area (Å²) in [5.74, 6) is -1.94. The Labute approximate surface area is 155 Å². The SMILES string of the molecule is CCOC(=O)/C(C#N)=C/c1cn(CCC(=O)[O-])nc1-c1cccc(Cl)c1. The molecule has 0 bridgehead atoms. The first-order valence-electron chi connectivity index (χ1n) is 7.76. The lowest BCUT2D eigenvalue weighted by Crippen LogP contribution is -2.23. The number of nitriles is 1. The number of aliphatic carboxylic acids is 1. The van der Waals surface area contributed by atoms with Crippen LogP contribution in [0.4, 0.5) is 0 Å². The maximum Gasteiger partial charge on any atom is 0.348 e. The number of carbonyl (C=O) groups excluding carboxylic acids is 2. The molecule has 0 saturated carbocycles. The minimum absolute atomic E-state index is 0.0883. The van der Waals surface area contributed by atoms with E-state index in [4.69, 9.17) is 16.3 Å². The van der Waals surface area contributed by atoms with Crippen LogP contribution in [0.25, 0.3) is 17.3 Å². The number of nitrogens with zero attached hydrogens (tertiary/aromatic N) is 3. The monoisotopic (exact) mass is 372 g/mol. The molecule has 0 N–H and O–H groups in total. The van der Waals surface area contributed by atoms with Gasteiger partial charge in [0.2, 0.25) is 0 Å². The second-order valence-corrected chi connectivity index (χ2v) is 5.66. The van der Waals surface area contributed by atoms with Crippen LogP contribution in [-0.2, 0) is 20.9 Å². The summed E-state index contributed by atoms with van der Waals surface area (Å²) < 4.78 is 6.27. The summed E-state index contributed by atoms with van der Waals surface area (Å²) in [6, 6.07) is 8.69. The summed E-state index contributed by atoms with van der Waals surface area (Å²) in [4.78, 5) is 22.5. The minimum atomic E-state index is -1.20. The van der Waals surface area contributed by atoms with Gasteiger partial charge in [-0.3, -0.25) is 4.68 Å². The Morgan fingerprint density at radius 3 is 2.85 bits per heavy atom. The van der Waals surface area contributed by atoms with Gasteiger partial charge >= 0.3 is 5.97 Å². The quantitative estimate of drug-likeness (QED) is 0.416. The number of ether oxygens (including phenoxy) is 1. The Bertz CT molecular complexity index is 896. The summed E-state index contributed by atoms with van der Waals surface area (Å²) in [5.41, 5.74) is 1.41. The van der Waals surface area contributed by atoms with Crippen LogP contribution in [0.1, 0.15) is 18.9 Å². The average Bonchev–Trinajstić information content (AvgIpc) is 3.01. The maximum atomic E-state index is 11.9. The Morgan fingerprint density at radius 1 is 1.46 bits per heavy atom. The first-order chi connectivity index (χ1) is 12.4. The molecule has 0 aliphatic rings. The molecule has 0 unspecified atom stereocenters. The number of rotatable bonds is 7. The molecular formula is C18H15ClN3O4-. The number of carbonyl (C=O) groups is 2. The molecule has 0 spiro atoms. The van der Waals surface area contributed by atoms with E-state index in [1.54, 1.807) is 43.5 Å². The van der Waals surface area contributed by atoms with Crippen molar-refractivity contribution in [1.82, 2.24) is 9.78 Å². The largest absolute Gasteiger partial charge is 0.550 e. The molecule has 26 heavy (non-hydrogen) atoms. The van der Waals surface area contributed by atoms with Gasteiger partial charge in [-0.2, -0.15) is 10.4 Å². The van der Waals surface area contributed by atoms with Gasteiger partial charge in [-0.1, -0.05) is 23.7 Å². The molecule has 134 valence electrons. The number of esters is 1. The molecule has 7 nitrogen and oxygen atoms in total. The highest BCUT2D eigenvalue weighted by atomic mass is 35.5. The van der Waals surface area contributed by atoms with Gasteiger partial charge in [0.15, 0.2) is 0 Å². The van der Waals surface area contributed by atoms with Crippen LogP contribution in [0.15, 0.2) is 36.0 Å². The Morgan fingerprint density at radius 2 is 2.23 bits per heavy atom. The van der Waals surface area contributed by atoms with Crippen molar-refractivity contribution in [3.8, 4) is 17.3 Å². The van der Waals surface area contributed by atoms with Crippen LogP contribution >= 0.6 is 11.6 Å². The lowest BCUT2D eigenvalue weighted by Gasteiger charge is -2.02. The number of benzene rings is 1. The highest BCUT2D eigenvalue weighted by Crippen LogP contribution is 2.26. The highest BCUT2D eigenvalue weighted by Gasteiger charge is 2.15. The highest BCUT2D eigenvalue weighted by molar-refractivity contribution is 6.30. The van der Waals surface area contributed by atoms with Crippen molar-refractivity contribution >= 4 is 29.6 Å². The minimum Gasteiger partial charge on any atom is -0.550 e. The third-order valence-corrected chi connectivity index (χ3v) is 3.58. The van der Waals surface area contributed by atoms with Crippen molar-refractivity contribution in [2.24, 2.45) is 0 Å². The number of carboxylic acids is 1. The van der Waals surface area contributed by atoms with Gasteiger partial charge in [-0.15, -0.1) is 0 Å². The van der Waals surface area contributed by atoms with Crippen LogP contribution in [0.3, 0.4) is 0 Å². The van der Waals surface area contributed by atoms with E-state index in [0.717, 1.165) is 0 Å². The lowest BCUT2D eigenvalue weighted by molar-refractivity contribution is -0.306. The number of aromatic nitrogens is 2. The maximum absolute atomic E-state index is 11.9. The summed E-state index contributed by atoms with van der Waals surface area (Å²) in [7, 11) is 0. The summed E-state index contributed by atoms with van der Waals surface area (Å²) in [6.45, 7) is 1.87. The zero-order valence-corrected chi connectivity index (χ0v) is 14.7. The van der Waals surface area contributed by atoms with Gasteiger partial charge in [-0.25, -0.2) is 4.79 Å². The molecular weight excluding hydrogens is 358 g/mol. The van der Waals surface area contributed by atoms with Gasteiger partial charge in [0.05, 0.1) is 12.3 Å². The lowest BCUT2D eigenvalue weighted by atomic mass is 10.1. The Balaban J connectivity index is 2.50. The van der Waals surface area contributed by atoms with E-state index in [0.29, 0.717) is 21.8 Å². The number of hydrogen-bond donors (Lipinski definition) is 0. The average molecular weight is 373 g/mol. The van der Waals surface area contributed by atoms with Gasteiger partial charge in [-0.05, 0) is 25.1 Å². The molecule has 0 atom stereocenters. The normalized spacial score (nSPS) is 11.0. The number of carboxylic acid groups (broad SMARTS) is 1. The van der Waals surface area contributed by atoms with Crippen LogP contribution in [-0.4, -0.2) is 28.3 Å². The fraction of sp³-hybridized carbons (Fsp3) is 0.222. The van der Waals surface area contributed by atoms with Gasteiger partial charge in [0.25, 0.3) is 0 Å². The Hall–Kier alpha value is -3.11.